The summed E-state index contributed by atoms with van der Waals surface area (Å²) in [5, 5.41) is 3.37. The van der Waals surface area contributed by atoms with Gasteiger partial charge in [-0.05, 0) is 36.4 Å². The number of fused-ring (bicyclic) bond motifs is 3. The SMILES string of the molecule is O=C(Nc1ccccc1Cl)N1CCN(c2nc3cc(F)ccc3n3cccc23)CC1. The van der Waals surface area contributed by atoms with Crippen LogP contribution in [-0.4, -0.2) is 46.5 Å². The molecule has 0 radical (unpaired) electrons. The Bertz CT molecular complexity index is 1250. The molecule has 5 rings (SSSR count). The standard InChI is InChI=1S/C22H19ClFN5O/c23-16-4-1-2-5-17(16)26-22(30)28-12-10-27(11-13-28)21-20-6-3-9-29(20)19-8-7-15(24)14-18(19)25-21/h1-9,14H,10-13H2,(H,26,30). The van der Waals surface area contributed by atoms with Gasteiger partial charge >= 0.3 is 6.03 Å². The Kier molecular flexibility index (Phi) is 4.67. The van der Waals surface area contributed by atoms with E-state index in [0.29, 0.717) is 42.4 Å². The van der Waals surface area contributed by atoms with E-state index in [1.807, 2.05) is 34.9 Å². The number of urea groups is 1. The summed E-state index contributed by atoms with van der Waals surface area (Å²) < 4.78 is 15.8. The maximum atomic E-state index is 13.8. The van der Waals surface area contributed by atoms with E-state index in [1.54, 1.807) is 23.1 Å². The van der Waals surface area contributed by atoms with Crippen molar-refractivity contribution < 1.29 is 9.18 Å². The first-order valence-corrected chi connectivity index (χ1v) is 10.1. The molecule has 0 atom stereocenters. The first-order chi connectivity index (χ1) is 14.6. The van der Waals surface area contributed by atoms with Crippen LogP contribution in [0.1, 0.15) is 0 Å². The number of anilines is 2. The topological polar surface area (TPSA) is 52.9 Å². The lowest BCUT2D eigenvalue weighted by molar-refractivity contribution is 0.208. The number of rotatable bonds is 2. The van der Waals surface area contributed by atoms with E-state index in [9.17, 15) is 9.18 Å². The van der Waals surface area contributed by atoms with Gasteiger partial charge in [0, 0.05) is 38.4 Å². The number of aromatic nitrogens is 2. The van der Waals surface area contributed by atoms with Crippen LogP contribution in [0.5, 0.6) is 0 Å². The number of para-hydroxylation sites is 1. The van der Waals surface area contributed by atoms with Crippen molar-refractivity contribution in [2.75, 3.05) is 36.4 Å². The van der Waals surface area contributed by atoms with Crippen LogP contribution >= 0.6 is 11.6 Å². The van der Waals surface area contributed by atoms with Gasteiger partial charge in [0.15, 0.2) is 5.82 Å². The molecular weight excluding hydrogens is 405 g/mol. The highest BCUT2D eigenvalue weighted by Gasteiger charge is 2.24. The van der Waals surface area contributed by atoms with E-state index < -0.39 is 0 Å². The van der Waals surface area contributed by atoms with Gasteiger partial charge in [-0.25, -0.2) is 14.2 Å². The van der Waals surface area contributed by atoms with Gasteiger partial charge in [0.2, 0.25) is 0 Å². The summed E-state index contributed by atoms with van der Waals surface area (Å²) in [5.41, 5.74) is 3.02. The van der Waals surface area contributed by atoms with Crippen molar-refractivity contribution in [2.24, 2.45) is 0 Å². The van der Waals surface area contributed by atoms with Crippen LogP contribution in [0.15, 0.2) is 60.8 Å². The molecule has 1 N–H and O–H groups in total. The molecule has 0 saturated carbocycles. The van der Waals surface area contributed by atoms with Crippen LogP contribution in [-0.2, 0) is 0 Å². The highest BCUT2D eigenvalue weighted by atomic mass is 35.5. The van der Waals surface area contributed by atoms with E-state index in [1.165, 1.54) is 12.1 Å². The lowest BCUT2D eigenvalue weighted by Crippen LogP contribution is -2.50. The molecule has 2 amide bonds. The average molecular weight is 424 g/mol. The molecule has 1 aliphatic rings. The molecule has 0 bridgehead atoms. The molecular formula is C22H19ClFN5O. The van der Waals surface area contributed by atoms with Gasteiger partial charge in [-0.15, -0.1) is 0 Å². The van der Waals surface area contributed by atoms with E-state index in [0.717, 1.165) is 16.9 Å². The molecule has 2 aromatic carbocycles. The molecule has 8 heteroatoms. The first kappa shape index (κ1) is 18.7. The second-order valence-electron chi connectivity index (χ2n) is 7.22. The Balaban J connectivity index is 1.36. The summed E-state index contributed by atoms with van der Waals surface area (Å²) >= 11 is 6.14. The fourth-order valence-corrected chi connectivity index (χ4v) is 4.03. The number of halogens is 2. The third kappa shape index (κ3) is 3.31. The van der Waals surface area contributed by atoms with Crippen LogP contribution in [0.4, 0.5) is 20.7 Å². The third-order valence-corrected chi connectivity index (χ3v) is 5.71. The van der Waals surface area contributed by atoms with Crippen molar-refractivity contribution in [1.82, 2.24) is 14.3 Å². The van der Waals surface area contributed by atoms with Crippen molar-refractivity contribution in [3.05, 3.63) is 71.6 Å². The molecule has 6 nitrogen and oxygen atoms in total. The number of carbonyl (C=O) groups is 1. The molecule has 0 aliphatic carbocycles. The number of carbonyl (C=O) groups excluding carboxylic acids is 1. The van der Waals surface area contributed by atoms with E-state index in [2.05, 4.69) is 10.2 Å². The van der Waals surface area contributed by atoms with Gasteiger partial charge in [0.05, 0.1) is 27.3 Å². The number of amides is 2. The summed E-state index contributed by atoms with van der Waals surface area (Å²) in [6.07, 6.45) is 1.95. The molecule has 1 saturated heterocycles. The van der Waals surface area contributed by atoms with E-state index in [-0.39, 0.29) is 11.8 Å². The number of nitrogens with one attached hydrogen (secondary N) is 1. The van der Waals surface area contributed by atoms with Crippen molar-refractivity contribution in [2.45, 2.75) is 0 Å². The summed E-state index contributed by atoms with van der Waals surface area (Å²) in [4.78, 5) is 21.3. The second-order valence-corrected chi connectivity index (χ2v) is 7.62. The monoisotopic (exact) mass is 423 g/mol. The third-order valence-electron chi connectivity index (χ3n) is 5.38. The molecule has 30 heavy (non-hydrogen) atoms. The highest BCUT2D eigenvalue weighted by Crippen LogP contribution is 2.27. The van der Waals surface area contributed by atoms with Crippen LogP contribution in [0.25, 0.3) is 16.6 Å². The van der Waals surface area contributed by atoms with Gasteiger partial charge in [-0.3, -0.25) is 0 Å². The second kappa shape index (κ2) is 7.50. The summed E-state index contributed by atoms with van der Waals surface area (Å²) in [6.45, 7) is 2.35. The van der Waals surface area contributed by atoms with Crippen LogP contribution in [0.3, 0.4) is 0 Å². The van der Waals surface area contributed by atoms with Gasteiger partial charge in [0.1, 0.15) is 5.82 Å². The number of benzene rings is 2. The zero-order chi connectivity index (χ0) is 20.7. The zero-order valence-electron chi connectivity index (χ0n) is 16.1. The maximum Gasteiger partial charge on any atom is 0.322 e. The number of hydrogen-bond acceptors (Lipinski definition) is 3. The Labute approximate surface area is 177 Å². The Hall–Kier alpha value is -3.32. The van der Waals surface area contributed by atoms with Gasteiger partial charge in [-0.2, -0.15) is 0 Å². The van der Waals surface area contributed by atoms with Crippen molar-refractivity contribution in [1.29, 1.82) is 0 Å². The Morgan fingerprint density at radius 3 is 2.60 bits per heavy atom. The van der Waals surface area contributed by atoms with E-state index in [4.69, 9.17) is 16.6 Å². The van der Waals surface area contributed by atoms with Crippen LogP contribution in [0, 0.1) is 5.82 Å². The number of hydrogen-bond donors (Lipinski definition) is 1. The maximum absolute atomic E-state index is 13.8. The van der Waals surface area contributed by atoms with Gasteiger partial charge in [0.25, 0.3) is 0 Å². The van der Waals surface area contributed by atoms with Gasteiger partial charge < -0.3 is 19.5 Å². The summed E-state index contributed by atoms with van der Waals surface area (Å²) in [6, 6.07) is 15.6. The summed E-state index contributed by atoms with van der Waals surface area (Å²) in [7, 11) is 0. The molecule has 152 valence electrons. The smallest absolute Gasteiger partial charge is 0.322 e. The van der Waals surface area contributed by atoms with Crippen molar-refractivity contribution in [3.63, 3.8) is 0 Å². The Morgan fingerprint density at radius 2 is 1.80 bits per heavy atom. The van der Waals surface area contributed by atoms with Crippen LogP contribution < -0.4 is 10.2 Å². The minimum atomic E-state index is -0.312. The lowest BCUT2D eigenvalue weighted by Gasteiger charge is -2.35. The molecule has 0 spiro atoms. The number of nitrogens with zero attached hydrogens (tertiary/aromatic N) is 4. The largest absolute Gasteiger partial charge is 0.351 e. The minimum absolute atomic E-state index is 0.177. The Morgan fingerprint density at radius 1 is 1.00 bits per heavy atom. The predicted molar refractivity (Wildman–Crippen MR) is 117 cm³/mol. The van der Waals surface area contributed by atoms with Gasteiger partial charge in [-0.1, -0.05) is 23.7 Å². The van der Waals surface area contributed by atoms with E-state index >= 15 is 0 Å². The molecule has 1 aliphatic heterocycles. The summed E-state index contributed by atoms with van der Waals surface area (Å²) in [5.74, 6) is 0.484. The lowest BCUT2D eigenvalue weighted by atomic mass is 10.2. The minimum Gasteiger partial charge on any atom is -0.351 e. The van der Waals surface area contributed by atoms with Crippen molar-refractivity contribution >= 4 is 45.7 Å². The fourth-order valence-electron chi connectivity index (χ4n) is 3.85. The highest BCUT2D eigenvalue weighted by molar-refractivity contribution is 6.33. The average Bonchev–Trinajstić information content (AvgIpc) is 3.25. The number of piperazine rings is 1. The molecule has 1 fully saturated rings. The zero-order valence-corrected chi connectivity index (χ0v) is 16.8. The van der Waals surface area contributed by atoms with Crippen molar-refractivity contribution in [3.8, 4) is 0 Å². The molecule has 4 aromatic rings. The molecule has 0 unspecified atom stereocenters. The fraction of sp³-hybridized carbons (Fsp3) is 0.182. The van der Waals surface area contributed by atoms with Crippen LogP contribution in [0.2, 0.25) is 5.02 Å². The molecule has 3 heterocycles. The first-order valence-electron chi connectivity index (χ1n) is 9.72. The quantitative estimate of drug-likeness (QED) is 0.511. The normalized spacial score (nSPS) is 14.5. The molecule has 2 aromatic heterocycles. The predicted octanol–water partition coefficient (Wildman–Crippen LogP) is 4.63.